The molecule has 26 heavy (non-hydrogen) atoms. The third-order valence-corrected chi connectivity index (χ3v) is 4.62. The molecule has 3 aromatic rings. The van der Waals surface area contributed by atoms with Crippen molar-refractivity contribution in [3.8, 4) is 11.4 Å². The minimum Gasteiger partial charge on any atom is -0.350 e. The van der Waals surface area contributed by atoms with Crippen LogP contribution in [0.3, 0.4) is 0 Å². The molecule has 6 heteroatoms. The van der Waals surface area contributed by atoms with Crippen molar-refractivity contribution in [3.05, 3.63) is 69.5 Å². The van der Waals surface area contributed by atoms with Gasteiger partial charge in [-0.25, -0.2) is 0 Å². The summed E-state index contributed by atoms with van der Waals surface area (Å²) in [5.41, 5.74) is 5.55. The van der Waals surface area contributed by atoms with Crippen LogP contribution >= 0.6 is 12.2 Å². The van der Waals surface area contributed by atoms with Crippen molar-refractivity contribution >= 4 is 18.1 Å². The summed E-state index contributed by atoms with van der Waals surface area (Å²) < 4.78 is 2.16. The van der Waals surface area contributed by atoms with Gasteiger partial charge in [-0.15, -0.1) is 0 Å². The van der Waals surface area contributed by atoms with Gasteiger partial charge >= 0.3 is 0 Å². The maximum atomic E-state index is 12.4. The van der Waals surface area contributed by atoms with Crippen LogP contribution in [0.15, 0.2) is 42.5 Å². The lowest BCUT2D eigenvalue weighted by atomic mass is 10.1. The minimum atomic E-state index is -0.101. The van der Waals surface area contributed by atoms with Gasteiger partial charge in [0.1, 0.15) is 6.54 Å². The number of carbonyl (C=O) groups excluding carboxylic acids is 1. The van der Waals surface area contributed by atoms with Gasteiger partial charge in [0.15, 0.2) is 10.6 Å². The number of rotatable bonds is 5. The van der Waals surface area contributed by atoms with Crippen LogP contribution in [0.25, 0.3) is 11.4 Å². The first kappa shape index (κ1) is 18.1. The van der Waals surface area contributed by atoms with Crippen molar-refractivity contribution in [2.24, 2.45) is 0 Å². The third-order valence-electron chi connectivity index (χ3n) is 4.31. The van der Waals surface area contributed by atoms with Gasteiger partial charge in [0, 0.05) is 12.1 Å². The first-order chi connectivity index (χ1) is 12.4. The Balaban J connectivity index is 1.74. The molecule has 0 aliphatic carbocycles. The summed E-state index contributed by atoms with van der Waals surface area (Å²) in [6, 6.07) is 14.2. The van der Waals surface area contributed by atoms with Gasteiger partial charge in [-0.05, 0) is 50.2 Å². The maximum absolute atomic E-state index is 12.4. The topological polar surface area (TPSA) is 62.7 Å². The van der Waals surface area contributed by atoms with Crippen LogP contribution in [0.2, 0.25) is 0 Å². The summed E-state index contributed by atoms with van der Waals surface area (Å²) in [6.07, 6.45) is 0. The molecule has 3 rings (SSSR count). The summed E-state index contributed by atoms with van der Waals surface area (Å²) in [4.78, 5) is 12.4. The van der Waals surface area contributed by atoms with E-state index in [0.29, 0.717) is 17.1 Å². The first-order valence-corrected chi connectivity index (χ1v) is 8.90. The molecule has 0 aliphatic rings. The Labute approximate surface area is 158 Å². The van der Waals surface area contributed by atoms with E-state index >= 15 is 0 Å². The van der Waals surface area contributed by atoms with Crippen LogP contribution < -0.4 is 5.32 Å². The van der Waals surface area contributed by atoms with E-state index in [-0.39, 0.29) is 12.5 Å². The molecule has 1 aromatic heterocycles. The van der Waals surface area contributed by atoms with Gasteiger partial charge in [-0.2, -0.15) is 5.10 Å². The van der Waals surface area contributed by atoms with Crippen LogP contribution in [-0.2, 0) is 17.9 Å². The van der Waals surface area contributed by atoms with Gasteiger partial charge in [0.05, 0.1) is 0 Å². The average Bonchev–Trinajstić information content (AvgIpc) is 2.95. The maximum Gasteiger partial charge on any atom is 0.240 e. The summed E-state index contributed by atoms with van der Waals surface area (Å²) in [5, 5.41) is 10.0. The number of carbonyl (C=O) groups is 1. The number of nitrogens with zero attached hydrogens (tertiary/aromatic N) is 2. The second-order valence-corrected chi connectivity index (χ2v) is 6.90. The molecule has 0 radical (unpaired) electrons. The monoisotopic (exact) mass is 366 g/mol. The SMILES string of the molecule is Cc1cccc(-c2n[nH]c(=S)n2CC(=O)NCc2ccc(C)cc2C)c1. The molecule has 0 fully saturated rings. The second kappa shape index (κ2) is 7.66. The molecule has 0 bridgehead atoms. The lowest BCUT2D eigenvalue weighted by Crippen LogP contribution is -2.27. The standard InChI is InChI=1S/C20H22N4OS/c1-13-5-4-6-16(10-13)19-22-23-20(26)24(19)12-18(25)21-11-17-8-7-14(2)9-15(17)3/h4-10H,11-12H2,1-3H3,(H,21,25)(H,23,26). The second-order valence-electron chi connectivity index (χ2n) is 6.51. The molecule has 0 saturated carbocycles. The summed E-state index contributed by atoms with van der Waals surface area (Å²) in [6.45, 7) is 6.75. The highest BCUT2D eigenvalue weighted by Gasteiger charge is 2.12. The molecule has 5 nitrogen and oxygen atoms in total. The number of hydrogen-bond donors (Lipinski definition) is 2. The largest absolute Gasteiger partial charge is 0.350 e. The van der Waals surface area contributed by atoms with Gasteiger partial charge < -0.3 is 5.32 Å². The zero-order chi connectivity index (χ0) is 18.7. The Morgan fingerprint density at radius 3 is 2.65 bits per heavy atom. The van der Waals surface area contributed by atoms with E-state index < -0.39 is 0 Å². The summed E-state index contributed by atoms with van der Waals surface area (Å²) >= 11 is 5.30. The molecule has 0 saturated heterocycles. The van der Waals surface area contributed by atoms with Crippen molar-refractivity contribution < 1.29 is 4.79 Å². The number of aromatic amines is 1. The number of benzene rings is 2. The van der Waals surface area contributed by atoms with E-state index in [9.17, 15) is 4.79 Å². The zero-order valence-electron chi connectivity index (χ0n) is 15.2. The number of aromatic nitrogens is 3. The van der Waals surface area contributed by atoms with Crippen LogP contribution in [0.5, 0.6) is 0 Å². The fraction of sp³-hybridized carbons (Fsp3) is 0.250. The number of aryl methyl sites for hydroxylation is 3. The van der Waals surface area contributed by atoms with Crippen molar-refractivity contribution in [2.45, 2.75) is 33.9 Å². The predicted octanol–water partition coefficient (Wildman–Crippen LogP) is 3.85. The molecule has 0 atom stereocenters. The fourth-order valence-electron chi connectivity index (χ4n) is 2.91. The molecule has 0 aliphatic heterocycles. The smallest absolute Gasteiger partial charge is 0.240 e. The predicted molar refractivity (Wildman–Crippen MR) is 105 cm³/mol. The molecule has 1 amide bonds. The molecule has 0 spiro atoms. The highest BCUT2D eigenvalue weighted by molar-refractivity contribution is 7.71. The minimum absolute atomic E-state index is 0.101. The number of H-pyrrole nitrogens is 1. The van der Waals surface area contributed by atoms with Crippen LogP contribution in [0.1, 0.15) is 22.3 Å². The van der Waals surface area contributed by atoms with Gasteiger partial charge in [0.2, 0.25) is 5.91 Å². The summed E-state index contributed by atoms with van der Waals surface area (Å²) in [7, 11) is 0. The molecular weight excluding hydrogens is 344 g/mol. The van der Waals surface area contributed by atoms with E-state index in [1.807, 2.05) is 37.3 Å². The molecular formula is C20H22N4OS. The molecule has 0 unspecified atom stereocenters. The van der Waals surface area contributed by atoms with Crippen molar-refractivity contribution in [1.29, 1.82) is 0 Å². The van der Waals surface area contributed by atoms with Crippen LogP contribution in [-0.4, -0.2) is 20.7 Å². The van der Waals surface area contributed by atoms with E-state index in [4.69, 9.17) is 12.2 Å². The van der Waals surface area contributed by atoms with Gasteiger partial charge in [0.25, 0.3) is 0 Å². The lowest BCUT2D eigenvalue weighted by Gasteiger charge is -2.10. The normalized spacial score (nSPS) is 10.7. The number of amides is 1. The van der Waals surface area contributed by atoms with Crippen LogP contribution in [0, 0.1) is 25.5 Å². The Bertz CT molecular complexity index is 1000. The van der Waals surface area contributed by atoms with Gasteiger partial charge in [-0.3, -0.25) is 14.5 Å². The van der Waals surface area contributed by atoms with Crippen molar-refractivity contribution in [2.75, 3.05) is 0 Å². The van der Waals surface area contributed by atoms with E-state index in [1.54, 1.807) is 4.57 Å². The van der Waals surface area contributed by atoms with Crippen molar-refractivity contribution in [3.63, 3.8) is 0 Å². The Morgan fingerprint density at radius 1 is 1.15 bits per heavy atom. The molecule has 2 aromatic carbocycles. The highest BCUT2D eigenvalue weighted by atomic mass is 32.1. The third kappa shape index (κ3) is 4.08. The summed E-state index contributed by atoms with van der Waals surface area (Å²) in [5.74, 6) is 0.566. The van der Waals surface area contributed by atoms with E-state index in [2.05, 4.69) is 41.5 Å². The Hall–Kier alpha value is -2.73. The lowest BCUT2D eigenvalue weighted by molar-refractivity contribution is -0.121. The van der Waals surface area contributed by atoms with Crippen molar-refractivity contribution in [1.82, 2.24) is 20.1 Å². The Kier molecular flexibility index (Phi) is 5.32. The van der Waals surface area contributed by atoms with Crippen LogP contribution in [0.4, 0.5) is 0 Å². The zero-order valence-corrected chi connectivity index (χ0v) is 16.0. The molecule has 2 N–H and O–H groups in total. The Morgan fingerprint density at radius 2 is 1.92 bits per heavy atom. The fourth-order valence-corrected chi connectivity index (χ4v) is 3.10. The van der Waals surface area contributed by atoms with E-state index in [0.717, 1.165) is 16.7 Å². The molecule has 134 valence electrons. The van der Waals surface area contributed by atoms with E-state index in [1.165, 1.54) is 11.1 Å². The van der Waals surface area contributed by atoms with Gasteiger partial charge in [-0.1, -0.05) is 47.5 Å². The number of hydrogen-bond acceptors (Lipinski definition) is 3. The first-order valence-electron chi connectivity index (χ1n) is 8.49. The quantitative estimate of drug-likeness (QED) is 0.674. The average molecular weight is 366 g/mol. The highest BCUT2D eigenvalue weighted by Crippen LogP contribution is 2.18. The number of nitrogens with one attached hydrogen (secondary N) is 2. The molecule has 1 heterocycles.